The molecule has 0 spiro atoms. The van der Waals surface area contributed by atoms with E-state index in [9.17, 15) is 0 Å². The highest BCUT2D eigenvalue weighted by molar-refractivity contribution is 4.72. The second kappa shape index (κ2) is 3.30. The molecule has 1 saturated heterocycles. The van der Waals surface area contributed by atoms with Crippen LogP contribution in [0.5, 0.6) is 0 Å². The maximum atomic E-state index is 9.04. The molecule has 3 atom stereocenters. The van der Waals surface area contributed by atoms with Gasteiger partial charge in [-0.05, 0) is 12.8 Å². The van der Waals surface area contributed by atoms with Crippen LogP contribution in [0.3, 0.4) is 0 Å². The van der Waals surface area contributed by atoms with Crippen LogP contribution in [0, 0.1) is 0 Å². The summed E-state index contributed by atoms with van der Waals surface area (Å²) >= 11 is 0. The van der Waals surface area contributed by atoms with Crippen LogP contribution in [-0.4, -0.2) is 40.4 Å². The summed E-state index contributed by atoms with van der Waals surface area (Å²) in [5.74, 6) is 0. The van der Waals surface area contributed by atoms with Gasteiger partial charge in [-0.1, -0.05) is 0 Å². The van der Waals surface area contributed by atoms with Crippen LogP contribution in [0.2, 0.25) is 0 Å². The molecule has 3 N–H and O–H groups in total. The number of ether oxygens (including phenoxy) is 1. The first kappa shape index (κ1) is 7.94. The highest BCUT2D eigenvalue weighted by Crippen LogP contribution is 2.12. The van der Waals surface area contributed by atoms with E-state index in [0.717, 1.165) is 0 Å². The molecule has 0 aromatic rings. The van der Waals surface area contributed by atoms with E-state index in [1.807, 2.05) is 0 Å². The van der Waals surface area contributed by atoms with Gasteiger partial charge in [-0.15, -0.1) is 0 Å². The zero-order chi connectivity index (χ0) is 7.56. The lowest BCUT2D eigenvalue weighted by molar-refractivity contribution is -0.174. The first-order chi connectivity index (χ1) is 4.72. The van der Waals surface area contributed by atoms with Gasteiger partial charge in [-0.2, -0.15) is 0 Å². The van der Waals surface area contributed by atoms with Crippen LogP contribution in [0.15, 0.2) is 0 Å². The molecule has 0 aliphatic carbocycles. The van der Waals surface area contributed by atoms with Crippen molar-refractivity contribution in [1.82, 2.24) is 0 Å². The summed E-state index contributed by atoms with van der Waals surface area (Å²) in [6.45, 7) is 0.398. The molecule has 3 unspecified atom stereocenters. The SMILES string of the molecule is OC1CCCOC(O)C1O. The zero-order valence-corrected chi connectivity index (χ0v) is 5.60. The number of aliphatic hydroxyl groups is 3. The van der Waals surface area contributed by atoms with Crippen molar-refractivity contribution in [1.29, 1.82) is 0 Å². The third-order valence-corrected chi connectivity index (χ3v) is 1.62. The van der Waals surface area contributed by atoms with E-state index < -0.39 is 18.5 Å². The fraction of sp³-hybridized carbons (Fsp3) is 1.00. The highest BCUT2D eigenvalue weighted by atomic mass is 16.6. The summed E-state index contributed by atoms with van der Waals surface area (Å²) in [6, 6.07) is 0. The lowest BCUT2D eigenvalue weighted by Crippen LogP contribution is -2.36. The minimum absolute atomic E-state index is 0.398. The fourth-order valence-corrected chi connectivity index (χ4v) is 0.956. The van der Waals surface area contributed by atoms with Crippen molar-refractivity contribution in [2.24, 2.45) is 0 Å². The summed E-state index contributed by atoms with van der Waals surface area (Å²) in [5.41, 5.74) is 0. The van der Waals surface area contributed by atoms with Crippen LogP contribution in [0.1, 0.15) is 12.8 Å². The minimum Gasteiger partial charge on any atom is -0.390 e. The quantitative estimate of drug-likeness (QED) is 0.405. The van der Waals surface area contributed by atoms with Crippen LogP contribution >= 0.6 is 0 Å². The monoisotopic (exact) mass is 148 g/mol. The third-order valence-electron chi connectivity index (χ3n) is 1.62. The molecular formula is C6H12O4. The molecule has 0 amide bonds. The Bertz CT molecular complexity index is 93.9. The average molecular weight is 148 g/mol. The van der Waals surface area contributed by atoms with E-state index in [1.54, 1.807) is 0 Å². The summed E-state index contributed by atoms with van der Waals surface area (Å²) < 4.78 is 4.73. The highest BCUT2D eigenvalue weighted by Gasteiger charge is 2.27. The van der Waals surface area contributed by atoms with Crippen LogP contribution in [-0.2, 0) is 4.74 Å². The van der Waals surface area contributed by atoms with Crippen molar-refractivity contribution >= 4 is 0 Å². The predicted molar refractivity (Wildman–Crippen MR) is 33.2 cm³/mol. The largest absolute Gasteiger partial charge is 0.390 e. The number of hydrogen-bond donors (Lipinski definition) is 3. The number of aliphatic hydroxyl groups excluding tert-OH is 3. The van der Waals surface area contributed by atoms with Crippen molar-refractivity contribution in [2.75, 3.05) is 6.61 Å². The molecule has 0 aromatic heterocycles. The van der Waals surface area contributed by atoms with E-state index in [-0.39, 0.29) is 0 Å². The van der Waals surface area contributed by atoms with Gasteiger partial charge >= 0.3 is 0 Å². The third kappa shape index (κ3) is 1.67. The Hall–Kier alpha value is -0.160. The lowest BCUT2D eigenvalue weighted by Gasteiger charge is -2.17. The summed E-state index contributed by atoms with van der Waals surface area (Å²) in [6.07, 6.45) is -2.06. The van der Waals surface area contributed by atoms with Gasteiger partial charge in [0, 0.05) is 6.61 Å². The maximum Gasteiger partial charge on any atom is 0.183 e. The molecule has 0 aromatic carbocycles. The first-order valence-electron chi connectivity index (χ1n) is 3.37. The van der Waals surface area contributed by atoms with Crippen molar-refractivity contribution < 1.29 is 20.1 Å². The van der Waals surface area contributed by atoms with Gasteiger partial charge < -0.3 is 20.1 Å². The molecule has 1 aliphatic rings. The maximum absolute atomic E-state index is 9.04. The first-order valence-corrected chi connectivity index (χ1v) is 3.37. The molecule has 1 rings (SSSR count). The van der Waals surface area contributed by atoms with E-state index in [4.69, 9.17) is 20.1 Å². The van der Waals surface area contributed by atoms with Crippen molar-refractivity contribution in [3.63, 3.8) is 0 Å². The second-order valence-corrected chi connectivity index (χ2v) is 2.46. The smallest absolute Gasteiger partial charge is 0.183 e. The van der Waals surface area contributed by atoms with Crippen molar-refractivity contribution in [3.05, 3.63) is 0 Å². The Morgan fingerprint density at radius 2 is 1.90 bits per heavy atom. The fourth-order valence-electron chi connectivity index (χ4n) is 0.956. The lowest BCUT2D eigenvalue weighted by atomic mass is 10.1. The molecule has 0 radical (unpaired) electrons. The van der Waals surface area contributed by atoms with Gasteiger partial charge in [0.05, 0.1) is 6.10 Å². The summed E-state index contributed by atoms with van der Waals surface area (Å²) in [4.78, 5) is 0. The molecular weight excluding hydrogens is 136 g/mol. The van der Waals surface area contributed by atoms with E-state index in [1.165, 1.54) is 0 Å². The number of hydrogen-bond acceptors (Lipinski definition) is 4. The molecule has 60 valence electrons. The van der Waals surface area contributed by atoms with Crippen LogP contribution in [0.4, 0.5) is 0 Å². The molecule has 10 heavy (non-hydrogen) atoms. The van der Waals surface area contributed by atoms with Gasteiger partial charge in [0.25, 0.3) is 0 Å². The minimum atomic E-state index is -1.22. The van der Waals surface area contributed by atoms with Crippen molar-refractivity contribution in [3.8, 4) is 0 Å². The topological polar surface area (TPSA) is 69.9 Å². The van der Waals surface area contributed by atoms with E-state index in [0.29, 0.717) is 19.4 Å². The molecule has 0 bridgehead atoms. The summed E-state index contributed by atoms with van der Waals surface area (Å²) in [7, 11) is 0. The molecule has 0 saturated carbocycles. The Kier molecular flexibility index (Phi) is 2.62. The van der Waals surface area contributed by atoms with Gasteiger partial charge in [0.15, 0.2) is 6.29 Å². The Morgan fingerprint density at radius 1 is 1.20 bits per heavy atom. The molecule has 4 heteroatoms. The zero-order valence-electron chi connectivity index (χ0n) is 5.60. The Morgan fingerprint density at radius 3 is 2.60 bits per heavy atom. The second-order valence-electron chi connectivity index (χ2n) is 2.46. The number of rotatable bonds is 0. The van der Waals surface area contributed by atoms with Gasteiger partial charge in [-0.25, -0.2) is 0 Å². The van der Waals surface area contributed by atoms with E-state index in [2.05, 4.69) is 0 Å². The predicted octanol–water partition coefficient (Wildman–Crippen LogP) is -1.16. The summed E-state index contributed by atoms with van der Waals surface area (Å²) in [5, 5.41) is 26.9. The molecule has 1 fully saturated rings. The van der Waals surface area contributed by atoms with Crippen LogP contribution < -0.4 is 0 Å². The van der Waals surface area contributed by atoms with E-state index >= 15 is 0 Å². The molecule has 1 heterocycles. The van der Waals surface area contributed by atoms with Crippen molar-refractivity contribution in [2.45, 2.75) is 31.3 Å². The Labute approximate surface area is 59.1 Å². The van der Waals surface area contributed by atoms with Gasteiger partial charge in [0.1, 0.15) is 6.10 Å². The van der Waals surface area contributed by atoms with Gasteiger partial charge in [-0.3, -0.25) is 0 Å². The van der Waals surface area contributed by atoms with Gasteiger partial charge in [0.2, 0.25) is 0 Å². The average Bonchev–Trinajstić information content (AvgIpc) is 2.04. The standard InChI is InChI=1S/C6H12O4/c7-4-2-1-3-10-6(9)5(4)8/h4-9H,1-3H2. The molecule has 4 nitrogen and oxygen atoms in total. The Balaban J connectivity index is 2.46. The van der Waals surface area contributed by atoms with Crippen LogP contribution in [0.25, 0.3) is 0 Å². The normalized spacial score (nSPS) is 42.9. The molecule has 1 aliphatic heterocycles.